The van der Waals surface area contributed by atoms with E-state index in [0.717, 1.165) is 37.4 Å². The number of rotatable bonds is 6. The van der Waals surface area contributed by atoms with Crippen LogP contribution in [0, 0.1) is 5.82 Å². The fourth-order valence-corrected chi connectivity index (χ4v) is 4.07. The number of ether oxygens (including phenoxy) is 2. The summed E-state index contributed by atoms with van der Waals surface area (Å²) in [5, 5.41) is 0. The van der Waals surface area contributed by atoms with Gasteiger partial charge in [0.2, 0.25) is 5.91 Å². The van der Waals surface area contributed by atoms with Crippen LogP contribution in [0.1, 0.15) is 19.8 Å². The predicted molar refractivity (Wildman–Crippen MR) is 120 cm³/mol. The minimum Gasteiger partial charge on any atom is -0.490 e. The molecule has 2 aliphatic rings. The van der Waals surface area contributed by atoms with E-state index in [0.29, 0.717) is 18.8 Å². The van der Waals surface area contributed by atoms with Gasteiger partial charge in [0.1, 0.15) is 23.8 Å². The molecule has 4 rings (SSSR count). The van der Waals surface area contributed by atoms with Crippen molar-refractivity contribution < 1.29 is 23.5 Å². The van der Waals surface area contributed by atoms with Crippen molar-refractivity contribution in [3.05, 3.63) is 54.3 Å². The summed E-state index contributed by atoms with van der Waals surface area (Å²) >= 11 is 0. The molecule has 0 N–H and O–H groups in total. The Balaban J connectivity index is 1.23. The van der Waals surface area contributed by atoms with E-state index in [1.54, 1.807) is 29.0 Å². The molecule has 0 radical (unpaired) electrons. The number of likely N-dealkylation sites (tertiary alicyclic amines) is 1. The van der Waals surface area contributed by atoms with Gasteiger partial charge in [0.25, 0.3) is 0 Å². The highest BCUT2D eigenvalue weighted by Gasteiger charge is 2.34. The average Bonchev–Trinajstić information content (AvgIpc) is 3.15. The Morgan fingerprint density at radius 3 is 2.41 bits per heavy atom. The number of cyclic esters (lactones) is 1. The first-order chi connectivity index (χ1) is 15.4. The number of anilines is 2. The van der Waals surface area contributed by atoms with Gasteiger partial charge in [-0.1, -0.05) is 0 Å². The molecule has 2 heterocycles. The Hall–Kier alpha value is -3.13. The molecule has 32 heavy (non-hydrogen) atoms. The summed E-state index contributed by atoms with van der Waals surface area (Å²) in [6.45, 7) is 4.38. The average molecular weight is 442 g/mol. The number of carbonyl (C=O) groups excluding carboxylic acids is 2. The predicted octanol–water partition coefficient (Wildman–Crippen LogP) is 3.68. The van der Waals surface area contributed by atoms with Crippen LogP contribution in [0.25, 0.3) is 0 Å². The van der Waals surface area contributed by atoms with Crippen LogP contribution in [-0.4, -0.2) is 62.3 Å². The maximum absolute atomic E-state index is 13.1. The number of hydrogen-bond acceptors (Lipinski definition) is 5. The molecular weight excluding hydrogens is 413 g/mol. The van der Waals surface area contributed by atoms with E-state index in [2.05, 4.69) is 4.90 Å². The topological polar surface area (TPSA) is 62.3 Å². The number of benzene rings is 2. The van der Waals surface area contributed by atoms with Crippen molar-refractivity contribution in [2.75, 3.05) is 43.0 Å². The molecule has 7 nitrogen and oxygen atoms in total. The molecule has 0 spiro atoms. The van der Waals surface area contributed by atoms with Crippen molar-refractivity contribution in [1.29, 1.82) is 0 Å². The van der Waals surface area contributed by atoms with Gasteiger partial charge in [-0.2, -0.15) is 0 Å². The molecule has 2 aromatic rings. The number of piperidine rings is 1. The van der Waals surface area contributed by atoms with Crippen LogP contribution in [0.4, 0.5) is 20.6 Å². The lowest BCUT2D eigenvalue weighted by atomic mass is 10.1. The first-order valence-electron chi connectivity index (χ1n) is 10.9. The van der Waals surface area contributed by atoms with Gasteiger partial charge in [-0.15, -0.1) is 0 Å². The Kier molecular flexibility index (Phi) is 6.60. The van der Waals surface area contributed by atoms with E-state index in [1.165, 1.54) is 19.1 Å². The molecule has 2 aliphatic heterocycles. The fraction of sp³-hybridized carbons (Fsp3) is 0.417. The number of amides is 2. The SMILES string of the molecule is CC(=O)N(C)c1ccc(OC2CCN(C[C@H]3CN(c4ccc(F)cc4)C(=O)O3)CC2)cc1. The largest absolute Gasteiger partial charge is 0.490 e. The van der Waals surface area contributed by atoms with E-state index >= 15 is 0 Å². The van der Waals surface area contributed by atoms with Crippen LogP contribution < -0.4 is 14.5 Å². The van der Waals surface area contributed by atoms with E-state index in [9.17, 15) is 14.0 Å². The Morgan fingerprint density at radius 1 is 1.12 bits per heavy atom. The second-order valence-electron chi connectivity index (χ2n) is 8.28. The van der Waals surface area contributed by atoms with Gasteiger partial charge in [0, 0.05) is 45.0 Å². The highest BCUT2D eigenvalue weighted by molar-refractivity contribution is 5.91. The Labute approximate surface area is 187 Å². The summed E-state index contributed by atoms with van der Waals surface area (Å²) in [5.74, 6) is 0.450. The second kappa shape index (κ2) is 9.56. The molecule has 0 saturated carbocycles. The van der Waals surface area contributed by atoms with Gasteiger partial charge in [-0.05, 0) is 61.4 Å². The molecule has 8 heteroatoms. The zero-order chi connectivity index (χ0) is 22.7. The zero-order valence-corrected chi connectivity index (χ0v) is 18.4. The van der Waals surface area contributed by atoms with E-state index in [-0.39, 0.29) is 23.9 Å². The van der Waals surface area contributed by atoms with Crippen molar-refractivity contribution in [2.45, 2.75) is 32.0 Å². The molecule has 170 valence electrons. The summed E-state index contributed by atoms with van der Waals surface area (Å²) in [7, 11) is 1.74. The van der Waals surface area contributed by atoms with Crippen LogP contribution in [0.3, 0.4) is 0 Å². The Bertz CT molecular complexity index is 943. The highest BCUT2D eigenvalue weighted by Crippen LogP contribution is 2.25. The van der Waals surface area contributed by atoms with Crippen LogP contribution in [-0.2, 0) is 9.53 Å². The number of nitrogens with zero attached hydrogens (tertiary/aromatic N) is 3. The lowest BCUT2D eigenvalue weighted by molar-refractivity contribution is -0.116. The minimum absolute atomic E-state index is 0.0141. The molecule has 2 amide bonds. The zero-order valence-electron chi connectivity index (χ0n) is 18.4. The van der Waals surface area contributed by atoms with Crippen LogP contribution in [0.2, 0.25) is 0 Å². The fourth-order valence-electron chi connectivity index (χ4n) is 4.07. The normalized spacial score (nSPS) is 19.7. The van der Waals surface area contributed by atoms with Gasteiger partial charge in [0.15, 0.2) is 0 Å². The summed E-state index contributed by atoms with van der Waals surface area (Å²) < 4.78 is 24.8. The summed E-state index contributed by atoms with van der Waals surface area (Å²) in [5.41, 5.74) is 1.48. The third-order valence-electron chi connectivity index (χ3n) is 6.01. The molecule has 0 aliphatic carbocycles. The van der Waals surface area contributed by atoms with Crippen molar-refractivity contribution in [1.82, 2.24) is 4.90 Å². The Morgan fingerprint density at radius 2 is 1.78 bits per heavy atom. The maximum atomic E-state index is 13.1. The number of halogens is 1. The quantitative estimate of drug-likeness (QED) is 0.685. The monoisotopic (exact) mass is 441 g/mol. The lowest BCUT2D eigenvalue weighted by Gasteiger charge is -2.33. The highest BCUT2D eigenvalue weighted by atomic mass is 19.1. The van der Waals surface area contributed by atoms with Crippen molar-refractivity contribution in [3.8, 4) is 5.75 Å². The molecule has 2 fully saturated rings. The number of hydrogen-bond donors (Lipinski definition) is 0. The van der Waals surface area contributed by atoms with E-state index in [1.807, 2.05) is 24.3 Å². The first kappa shape index (κ1) is 22.1. The third-order valence-corrected chi connectivity index (χ3v) is 6.01. The van der Waals surface area contributed by atoms with E-state index in [4.69, 9.17) is 9.47 Å². The molecule has 0 unspecified atom stereocenters. The smallest absolute Gasteiger partial charge is 0.414 e. The third kappa shape index (κ3) is 5.19. The van der Waals surface area contributed by atoms with Gasteiger partial charge in [0.05, 0.1) is 6.54 Å². The number of carbonyl (C=O) groups is 2. The van der Waals surface area contributed by atoms with Crippen molar-refractivity contribution >= 4 is 23.4 Å². The minimum atomic E-state index is -0.390. The second-order valence-corrected chi connectivity index (χ2v) is 8.28. The molecule has 2 saturated heterocycles. The van der Waals surface area contributed by atoms with Gasteiger partial charge >= 0.3 is 6.09 Å². The van der Waals surface area contributed by atoms with Crippen LogP contribution in [0.5, 0.6) is 5.75 Å². The standard InChI is InChI=1S/C24H28FN3O4/c1-17(29)26(2)19-7-9-21(10-8-19)31-22-11-13-27(14-12-22)15-23-16-28(24(30)32-23)20-5-3-18(25)4-6-20/h3-10,22-23H,11-16H2,1-2H3/t23-/m0/s1. The molecule has 0 bridgehead atoms. The molecule has 2 aromatic carbocycles. The molecule has 1 atom stereocenters. The van der Waals surface area contributed by atoms with Crippen molar-refractivity contribution in [2.24, 2.45) is 0 Å². The van der Waals surface area contributed by atoms with E-state index < -0.39 is 6.09 Å². The molecule has 0 aromatic heterocycles. The summed E-state index contributed by atoms with van der Waals surface area (Å²) in [6.07, 6.45) is 1.30. The van der Waals surface area contributed by atoms with Gasteiger partial charge in [-0.3, -0.25) is 14.6 Å². The first-order valence-corrected chi connectivity index (χ1v) is 10.9. The summed E-state index contributed by atoms with van der Waals surface area (Å²) in [4.78, 5) is 29.1. The van der Waals surface area contributed by atoms with Crippen LogP contribution in [0.15, 0.2) is 48.5 Å². The summed E-state index contributed by atoms with van der Waals surface area (Å²) in [6, 6.07) is 13.4. The van der Waals surface area contributed by atoms with Gasteiger partial charge in [-0.25, -0.2) is 9.18 Å². The van der Waals surface area contributed by atoms with Crippen LogP contribution >= 0.6 is 0 Å². The maximum Gasteiger partial charge on any atom is 0.414 e. The lowest BCUT2D eigenvalue weighted by Crippen LogP contribution is -2.42. The molecular formula is C24H28FN3O4. The van der Waals surface area contributed by atoms with Gasteiger partial charge < -0.3 is 14.4 Å². The van der Waals surface area contributed by atoms with Crippen molar-refractivity contribution in [3.63, 3.8) is 0 Å².